The minimum Gasteiger partial charge on any atom is -0.462 e. The van der Waals surface area contributed by atoms with Gasteiger partial charge in [0.25, 0.3) is 12.0 Å². The summed E-state index contributed by atoms with van der Waals surface area (Å²) in [4.78, 5) is 8.53. The smallest absolute Gasteiger partial charge is 0.283 e. The van der Waals surface area contributed by atoms with Crippen LogP contribution in [0, 0.1) is 0 Å². The molecule has 4 N–H and O–H groups in total. The predicted octanol–water partition coefficient (Wildman–Crippen LogP) is 3.13. The van der Waals surface area contributed by atoms with Gasteiger partial charge < -0.3 is 20.9 Å². The molecule has 0 bridgehead atoms. The highest BCUT2D eigenvalue weighted by Gasteiger charge is 2.33. The van der Waals surface area contributed by atoms with E-state index in [4.69, 9.17) is 20.9 Å². The molecule has 0 aliphatic carbocycles. The van der Waals surface area contributed by atoms with Crippen LogP contribution in [0.3, 0.4) is 0 Å². The molecule has 0 radical (unpaired) electrons. The highest BCUT2D eigenvalue weighted by molar-refractivity contribution is 5.74. The molecule has 0 amide bonds. The number of hydrogen-bond donors (Lipinski definition) is 2. The normalized spacial score (nSPS) is 25.7. The van der Waals surface area contributed by atoms with Crippen molar-refractivity contribution in [2.75, 3.05) is 13.2 Å². The topological polar surface area (TPSA) is 95.2 Å². The standard InChI is InChI=1S/2C10H12N2O.CH4/c2*1-10(7-13-9(11)12-10)8-5-3-2-4-6-8;/h2*2-6H,7H2,1H3,(H2,11,12);1H4/t2*10-;/m10./s1. The van der Waals surface area contributed by atoms with E-state index in [0.717, 1.165) is 11.1 Å². The second-order valence-electron chi connectivity index (χ2n) is 6.76. The van der Waals surface area contributed by atoms with Crippen LogP contribution in [0.2, 0.25) is 0 Å². The lowest BCUT2D eigenvalue weighted by Gasteiger charge is -2.17. The second-order valence-corrected chi connectivity index (χ2v) is 6.76. The van der Waals surface area contributed by atoms with Gasteiger partial charge >= 0.3 is 0 Å². The number of amidine groups is 2. The molecule has 2 aromatic rings. The van der Waals surface area contributed by atoms with Crippen molar-refractivity contribution in [2.45, 2.75) is 32.4 Å². The van der Waals surface area contributed by atoms with Gasteiger partial charge in [0.05, 0.1) is 0 Å². The average molecular weight is 368 g/mol. The van der Waals surface area contributed by atoms with Gasteiger partial charge in [-0.3, -0.25) is 0 Å². The van der Waals surface area contributed by atoms with Gasteiger partial charge in [0, 0.05) is 0 Å². The summed E-state index contributed by atoms with van der Waals surface area (Å²) in [6, 6.07) is 20.6. The molecule has 0 saturated carbocycles. The molecular weight excluding hydrogens is 340 g/mol. The lowest BCUT2D eigenvalue weighted by atomic mass is 9.94. The third-order valence-electron chi connectivity index (χ3n) is 4.51. The molecule has 0 unspecified atom stereocenters. The SMILES string of the molecule is C.C[C@@]1(c2ccccc2)COC(N)=N1.C[C@]1(c2ccccc2)COC(N)=N1. The van der Waals surface area contributed by atoms with Crippen molar-refractivity contribution in [3.63, 3.8) is 0 Å². The highest BCUT2D eigenvalue weighted by atomic mass is 16.5. The quantitative estimate of drug-likeness (QED) is 0.851. The first-order chi connectivity index (χ1) is 12.4. The zero-order valence-electron chi connectivity index (χ0n) is 15.1. The Morgan fingerprint density at radius 2 is 1.04 bits per heavy atom. The Labute approximate surface area is 160 Å². The maximum absolute atomic E-state index is 5.48. The number of nitrogens with two attached hydrogens (primary N) is 2. The summed E-state index contributed by atoms with van der Waals surface area (Å²) in [7, 11) is 0. The number of hydrogen-bond acceptors (Lipinski definition) is 6. The molecular formula is C21H28N4O2. The Morgan fingerprint density at radius 3 is 1.30 bits per heavy atom. The average Bonchev–Trinajstić information content (AvgIpc) is 3.20. The molecule has 2 aromatic carbocycles. The molecule has 2 heterocycles. The van der Waals surface area contributed by atoms with Gasteiger partial charge in [0.1, 0.15) is 24.3 Å². The summed E-state index contributed by atoms with van der Waals surface area (Å²) in [6.07, 6.45) is 0. The van der Waals surface area contributed by atoms with Crippen molar-refractivity contribution in [3.05, 3.63) is 71.8 Å². The highest BCUT2D eigenvalue weighted by Crippen LogP contribution is 2.29. The van der Waals surface area contributed by atoms with Gasteiger partial charge in [-0.05, 0) is 25.0 Å². The van der Waals surface area contributed by atoms with E-state index in [1.54, 1.807) is 0 Å². The molecule has 0 aromatic heterocycles. The number of ether oxygens (including phenoxy) is 2. The van der Waals surface area contributed by atoms with E-state index in [0.29, 0.717) is 13.2 Å². The van der Waals surface area contributed by atoms with Crippen LogP contribution in [0.5, 0.6) is 0 Å². The van der Waals surface area contributed by atoms with Crippen LogP contribution in [0.25, 0.3) is 0 Å². The van der Waals surface area contributed by atoms with Gasteiger partial charge in [-0.15, -0.1) is 0 Å². The van der Waals surface area contributed by atoms with Crippen LogP contribution in [0.15, 0.2) is 70.6 Å². The molecule has 0 saturated heterocycles. The molecule has 0 fully saturated rings. The minimum absolute atomic E-state index is 0. The lowest BCUT2D eigenvalue weighted by Crippen LogP contribution is -2.20. The van der Waals surface area contributed by atoms with E-state index < -0.39 is 0 Å². The zero-order valence-corrected chi connectivity index (χ0v) is 15.1. The summed E-state index contributed by atoms with van der Waals surface area (Å²) in [5.41, 5.74) is 12.6. The summed E-state index contributed by atoms with van der Waals surface area (Å²) in [5.74, 6) is 0. The maximum Gasteiger partial charge on any atom is 0.283 e. The van der Waals surface area contributed by atoms with Gasteiger partial charge in [-0.2, -0.15) is 0 Å². The number of benzene rings is 2. The number of nitrogens with zero attached hydrogens (tertiary/aromatic N) is 2. The molecule has 4 rings (SSSR count). The minimum atomic E-state index is -0.300. The first-order valence-electron chi connectivity index (χ1n) is 8.49. The summed E-state index contributed by atoms with van der Waals surface area (Å²) >= 11 is 0. The molecule has 27 heavy (non-hydrogen) atoms. The number of aliphatic imine (C=N–C) groups is 2. The second kappa shape index (κ2) is 8.12. The van der Waals surface area contributed by atoms with E-state index in [1.807, 2.05) is 74.5 Å². The lowest BCUT2D eigenvalue weighted by molar-refractivity contribution is 0.266. The molecule has 144 valence electrons. The van der Waals surface area contributed by atoms with E-state index in [-0.39, 0.29) is 30.5 Å². The first kappa shape index (κ1) is 20.3. The van der Waals surface area contributed by atoms with Crippen LogP contribution in [0.4, 0.5) is 0 Å². The van der Waals surface area contributed by atoms with E-state index in [1.165, 1.54) is 0 Å². The Morgan fingerprint density at radius 1 is 0.704 bits per heavy atom. The Balaban J connectivity index is 0.000000187. The summed E-state index contributed by atoms with van der Waals surface area (Å²) in [5, 5.41) is 0. The van der Waals surface area contributed by atoms with Crippen LogP contribution in [-0.2, 0) is 20.6 Å². The van der Waals surface area contributed by atoms with Crippen molar-refractivity contribution in [3.8, 4) is 0 Å². The molecule has 2 atom stereocenters. The summed E-state index contributed by atoms with van der Waals surface area (Å²) < 4.78 is 10.3. The Hall–Kier alpha value is -3.02. The van der Waals surface area contributed by atoms with Crippen LogP contribution >= 0.6 is 0 Å². The van der Waals surface area contributed by atoms with Gasteiger partial charge in [0.2, 0.25) is 0 Å². The Bertz CT molecular complexity index is 738. The molecule has 6 heteroatoms. The van der Waals surface area contributed by atoms with Crippen molar-refractivity contribution >= 4 is 12.0 Å². The molecule has 0 spiro atoms. The fourth-order valence-corrected chi connectivity index (χ4v) is 2.93. The molecule has 6 nitrogen and oxygen atoms in total. The largest absolute Gasteiger partial charge is 0.462 e. The first-order valence-corrected chi connectivity index (χ1v) is 8.49. The van der Waals surface area contributed by atoms with Crippen molar-refractivity contribution in [2.24, 2.45) is 21.5 Å². The zero-order chi connectivity index (χ0) is 18.6. The fourth-order valence-electron chi connectivity index (χ4n) is 2.93. The fraction of sp³-hybridized carbons (Fsp3) is 0.333. The third-order valence-corrected chi connectivity index (χ3v) is 4.51. The van der Waals surface area contributed by atoms with Crippen LogP contribution in [-0.4, -0.2) is 25.3 Å². The van der Waals surface area contributed by atoms with E-state index >= 15 is 0 Å². The molecule has 2 aliphatic heterocycles. The maximum atomic E-state index is 5.48. The summed E-state index contributed by atoms with van der Waals surface area (Å²) in [6.45, 7) is 5.09. The predicted molar refractivity (Wildman–Crippen MR) is 109 cm³/mol. The van der Waals surface area contributed by atoms with Gasteiger partial charge in [-0.1, -0.05) is 68.1 Å². The van der Waals surface area contributed by atoms with Crippen LogP contribution < -0.4 is 11.5 Å². The third kappa shape index (κ3) is 4.58. The van der Waals surface area contributed by atoms with E-state index in [2.05, 4.69) is 9.98 Å². The van der Waals surface area contributed by atoms with Crippen LogP contribution in [0.1, 0.15) is 32.4 Å². The Kier molecular flexibility index (Phi) is 6.10. The van der Waals surface area contributed by atoms with Gasteiger partial charge in [0.15, 0.2) is 0 Å². The van der Waals surface area contributed by atoms with Crippen molar-refractivity contribution in [1.29, 1.82) is 0 Å². The monoisotopic (exact) mass is 368 g/mol. The van der Waals surface area contributed by atoms with Crippen molar-refractivity contribution < 1.29 is 9.47 Å². The van der Waals surface area contributed by atoms with Crippen molar-refractivity contribution in [1.82, 2.24) is 0 Å². The van der Waals surface area contributed by atoms with E-state index in [9.17, 15) is 0 Å². The molecule has 2 aliphatic rings. The van der Waals surface area contributed by atoms with Gasteiger partial charge in [-0.25, -0.2) is 9.98 Å². The number of rotatable bonds is 2.